The third-order valence-electron chi connectivity index (χ3n) is 3.47. The quantitative estimate of drug-likeness (QED) is 0.869. The van der Waals surface area contributed by atoms with Gasteiger partial charge in [-0.3, -0.25) is 4.79 Å². The van der Waals surface area contributed by atoms with Crippen molar-refractivity contribution in [2.75, 3.05) is 12.3 Å². The molecule has 2 aliphatic rings. The molecule has 108 valence electrons. The lowest BCUT2D eigenvalue weighted by Crippen LogP contribution is -2.32. The van der Waals surface area contributed by atoms with Crippen LogP contribution in [0, 0.1) is 0 Å². The van der Waals surface area contributed by atoms with Gasteiger partial charge >= 0.3 is 0 Å². The highest BCUT2D eigenvalue weighted by Gasteiger charge is 2.53. The average Bonchev–Trinajstić information content (AvgIpc) is 3.07. The van der Waals surface area contributed by atoms with Gasteiger partial charge in [0, 0.05) is 6.54 Å². The number of ketones is 1. The third-order valence-corrected chi connectivity index (χ3v) is 5.29. The maximum absolute atomic E-state index is 12.2. The number of aliphatic hydroxyl groups excluding tert-OH is 1. The van der Waals surface area contributed by atoms with Crippen molar-refractivity contribution in [2.45, 2.75) is 18.9 Å². The second-order valence-electron chi connectivity index (χ2n) is 4.84. The number of hydrogen-bond donors (Lipinski definition) is 1. The molecular weight excluding hydrogens is 286 g/mol. The van der Waals surface area contributed by atoms with Crippen molar-refractivity contribution in [1.29, 1.82) is 0 Å². The molecule has 0 amide bonds. The molecule has 3 heterocycles. The Morgan fingerprint density at radius 1 is 1.45 bits per heavy atom. The highest BCUT2D eigenvalue weighted by atomic mass is 32.2. The smallest absolute Gasteiger partial charge is 0.253 e. The van der Waals surface area contributed by atoms with Crippen LogP contribution in [0.15, 0.2) is 34.5 Å². The van der Waals surface area contributed by atoms with Crippen LogP contribution in [0.5, 0.6) is 0 Å². The van der Waals surface area contributed by atoms with Gasteiger partial charge in [0.25, 0.3) is 11.7 Å². The third kappa shape index (κ3) is 1.64. The van der Waals surface area contributed by atoms with E-state index in [9.17, 15) is 18.3 Å². The van der Waals surface area contributed by atoms with Crippen LogP contribution in [-0.4, -0.2) is 35.9 Å². The summed E-state index contributed by atoms with van der Waals surface area (Å²) in [5.41, 5.74) is -1.54. The summed E-state index contributed by atoms with van der Waals surface area (Å²) in [6.07, 6.45) is 1.80. The first kappa shape index (κ1) is 13.0. The van der Waals surface area contributed by atoms with Gasteiger partial charge in [-0.2, -0.15) is 0 Å². The summed E-state index contributed by atoms with van der Waals surface area (Å²) in [6.45, 7) is 1.61. The topological polar surface area (TPSA) is 97.1 Å². The fraction of sp³-hybridized carbons (Fsp3) is 0.417. The van der Waals surface area contributed by atoms with Crippen LogP contribution in [0.4, 0.5) is 0 Å². The Kier molecular flexibility index (Phi) is 2.62. The number of carbonyl (C=O) groups is 1. The predicted molar refractivity (Wildman–Crippen MR) is 66.9 cm³/mol. The highest BCUT2D eigenvalue weighted by Crippen LogP contribution is 2.40. The molecule has 1 N–H and O–H groups in total. The lowest BCUT2D eigenvalue weighted by Gasteiger charge is -2.23. The molecule has 3 rings (SSSR count). The molecule has 1 saturated heterocycles. The van der Waals surface area contributed by atoms with Gasteiger partial charge in [-0.05, 0) is 25.5 Å². The molecule has 0 radical (unpaired) electrons. The summed E-state index contributed by atoms with van der Waals surface area (Å²) in [5.74, 6) is -1.54. The molecule has 1 aromatic heterocycles. The number of ether oxygens (including phenoxy) is 1. The van der Waals surface area contributed by atoms with Crippen LogP contribution in [-0.2, 0) is 25.2 Å². The van der Waals surface area contributed by atoms with E-state index in [2.05, 4.69) is 0 Å². The molecule has 8 heteroatoms. The second kappa shape index (κ2) is 4.02. The van der Waals surface area contributed by atoms with Gasteiger partial charge < -0.3 is 14.3 Å². The highest BCUT2D eigenvalue weighted by molar-refractivity contribution is 7.89. The van der Waals surface area contributed by atoms with Gasteiger partial charge in [0.1, 0.15) is 0 Å². The lowest BCUT2D eigenvalue weighted by atomic mass is 9.98. The van der Waals surface area contributed by atoms with Gasteiger partial charge in [-0.15, -0.1) is 0 Å². The molecule has 1 fully saturated rings. The first-order valence-electron chi connectivity index (χ1n) is 6.08. The van der Waals surface area contributed by atoms with E-state index < -0.39 is 27.2 Å². The normalized spacial score (nSPS) is 29.1. The SMILES string of the molecule is CC1(c2ccco2)OC(N2CCCS2(=O)=O)=C(O)C1=O. The number of hydrogen-bond acceptors (Lipinski definition) is 6. The lowest BCUT2D eigenvalue weighted by molar-refractivity contribution is -0.134. The number of aliphatic hydroxyl groups is 1. The Balaban J connectivity index is 2.01. The first-order valence-corrected chi connectivity index (χ1v) is 7.68. The van der Waals surface area contributed by atoms with Crippen LogP contribution in [0.3, 0.4) is 0 Å². The summed E-state index contributed by atoms with van der Waals surface area (Å²) >= 11 is 0. The standard InChI is InChI=1S/C12H13NO6S/c1-12(8-4-2-6-18-8)10(15)9(14)11(19-12)13-5-3-7-20(13,16)17/h2,4,6,14H,3,5,7H2,1H3. The zero-order chi connectivity index (χ0) is 14.5. The van der Waals surface area contributed by atoms with Crippen LogP contribution in [0.25, 0.3) is 0 Å². The summed E-state index contributed by atoms with van der Waals surface area (Å²) < 4.78 is 35.3. The monoisotopic (exact) mass is 299 g/mol. The van der Waals surface area contributed by atoms with Gasteiger partial charge in [0.2, 0.25) is 21.4 Å². The van der Waals surface area contributed by atoms with E-state index >= 15 is 0 Å². The molecule has 1 unspecified atom stereocenters. The van der Waals surface area contributed by atoms with Crippen molar-refractivity contribution < 1.29 is 27.5 Å². The summed E-state index contributed by atoms with van der Waals surface area (Å²) in [5, 5.41) is 9.94. The molecule has 1 aromatic rings. The zero-order valence-electron chi connectivity index (χ0n) is 10.7. The van der Waals surface area contributed by atoms with Crippen molar-refractivity contribution in [3.8, 4) is 0 Å². The number of rotatable bonds is 2. The average molecular weight is 299 g/mol. The summed E-state index contributed by atoms with van der Waals surface area (Å²) in [7, 11) is -3.54. The summed E-state index contributed by atoms with van der Waals surface area (Å²) in [6, 6.07) is 3.12. The minimum atomic E-state index is -3.54. The number of nitrogens with zero attached hydrogens (tertiary/aromatic N) is 1. The molecule has 0 spiro atoms. The van der Waals surface area contributed by atoms with Gasteiger partial charge in [0.05, 0.1) is 12.0 Å². The molecule has 0 saturated carbocycles. The molecule has 0 aliphatic carbocycles. The van der Waals surface area contributed by atoms with Crippen molar-refractivity contribution in [2.24, 2.45) is 0 Å². The van der Waals surface area contributed by atoms with E-state index in [1.165, 1.54) is 19.3 Å². The van der Waals surface area contributed by atoms with Gasteiger partial charge in [-0.1, -0.05) is 0 Å². The van der Waals surface area contributed by atoms with E-state index in [0.717, 1.165) is 4.31 Å². The maximum Gasteiger partial charge on any atom is 0.253 e. The Bertz CT molecular complexity index is 690. The van der Waals surface area contributed by atoms with Gasteiger partial charge in [-0.25, -0.2) is 12.7 Å². The van der Waals surface area contributed by atoms with E-state index in [4.69, 9.17) is 9.15 Å². The Labute approximate surface area is 115 Å². The zero-order valence-corrected chi connectivity index (χ0v) is 11.5. The van der Waals surface area contributed by atoms with Crippen LogP contribution < -0.4 is 0 Å². The Morgan fingerprint density at radius 3 is 2.75 bits per heavy atom. The molecule has 0 aromatic carbocycles. The molecule has 7 nitrogen and oxygen atoms in total. The van der Waals surface area contributed by atoms with E-state index in [0.29, 0.717) is 6.42 Å². The summed E-state index contributed by atoms with van der Waals surface area (Å²) in [4.78, 5) is 12.2. The largest absolute Gasteiger partial charge is 0.501 e. The number of Topliss-reactive ketones (excluding diaryl/α,β-unsaturated/α-hetero) is 1. The number of sulfonamides is 1. The van der Waals surface area contributed by atoms with E-state index in [-0.39, 0.29) is 23.9 Å². The van der Waals surface area contributed by atoms with Gasteiger partial charge in [0.15, 0.2) is 5.76 Å². The minimum absolute atomic E-state index is 0.0290. The predicted octanol–water partition coefficient (Wildman–Crippen LogP) is 0.857. The van der Waals surface area contributed by atoms with E-state index in [1.807, 2.05) is 0 Å². The van der Waals surface area contributed by atoms with Crippen LogP contribution >= 0.6 is 0 Å². The van der Waals surface area contributed by atoms with Crippen molar-refractivity contribution >= 4 is 15.8 Å². The fourth-order valence-corrected chi connectivity index (χ4v) is 3.86. The molecular formula is C12H13NO6S. The second-order valence-corrected chi connectivity index (χ2v) is 6.85. The minimum Gasteiger partial charge on any atom is -0.501 e. The fourth-order valence-electron chi connectivity index (χ4n) is 2.36. The van der Waals surface area contributed by atoms with Crippen molar-refractivity contribution in [3.05, 3.63) is 35.8 Å². The van der Waals surface area contributed by atoms with Crippen LogP contribution in [0.2, 0.25) is 0 Å². The van der Waals surface area contributed by atoms with E-state index in [1.54, 1.807) is 6.07 Å². The first-order chi connectivity index (χ1) is 9.36. The maximum atomic E-state index is 12.2. The Hall–Kier alpha value is -1.96. The Morgan fingerprint density at radius 2 is 2.20 bits per heavy atom. The van der Waals surface area contributed by atoms with Crippen molar-refractivity contribution in [3.63, 3.8) is 0 Å². The number of carbonyl (C=O) groups excluding carboxylic acids is 1. The molecule has 20 heavy (non-hydrogen) atoms. The molecule has 0 bridgehead atoms. The number of furan rings is 1. The molecule has 1 atom stereocenters. The van der Waals surface area contributed by atoms with Crippen LogP contribution in [0.1, 0.15) is 19.1 Å². The van der Waals surface area contributed by atoms with Crippen molar-refractivity contribution in [1.82, 2.24) is 4.31 Å². The molecule has 2 aliphatic heterocycles.